The Labute approximate surface area is 99.5 Å². The Bertz CT molecular complexity index is 669. The third-order valence-electron chi connectivity index (χ3n) is 2.92. The predicted octanol–water partition coefficient (Wildman–Crippen LogP) is 2.89. The first-order chi connectivity index (χ1) is 8.27. The Morgan fingerprint density at radius 3 is 2.53 bits per heavy atom. The zero-order valence-electron chi connectivity index (χ0n) is 9.59. The second-order valence-electron chi connectivity index (χ2n) is 4.07. The van der Waals surface area contributed by atoms with Crippen LogP contribution in [0.15, 0.2) is 48.5 Å². The van der Waals surface area contributed by atoms with Gasteiger partial charge in [0.05, 0.1) is 5.52 Å². The summed E-state index contributed by atoms with van der Waals surface area (Å²) >= 11 is 0. The number of pyridine rings is 1. The molecule has 0 unspecified atom stereocenters. The summed E-state index contributed by atoms with van der Waals surface area (Å²) in [5.41, 5.74) is 9.12. The second-order valence-corrected chi connectivity index (χ2v) is 4.07. The lowest BCUT2D eigenvalue weighted by molar-refractivity contribution is 1.08. The highest BCUT2D eigenvalue weighted by atomic mass is 15.1. The van der Waals surface area contributed by atoms with Crippen molar-refractivity contribution >= 4 is 11.3 Å². The lowest BCUT2D eigenvalue weighted by atomic mass is 10.2. The molecule has 0 saturated heterocycles. The monoisotopic (exact) mass is 223 g/mol. The smallest absolute Gasteiger partial charge is 0.150 e. The van der Waals surface area contributed by atoms with Crippen molar-refractivity contribution in [2.75, 3.05) is 5.73 Å². The number of nitrogen functional groups attached to an aromatic ring is 1. The molecule has 0 aliphatic heterocycles. The van der Waals surface area contributed by atoms with E-state index in [1.165, 1.54) is 0 Å². The molecule has 2 N–H and O–H groups in total. The van der Waals surface area contributed by atoms with Gasteiger partial charge in [-0.05, 0) is 19.1 Å². The fourth-order valence-corrected chi connectivity index (χ4v) is 2.10. The molecule has 2 aromatic heterocycles. The number of rotatable bonds is 1. The number of nitrogens with zero attached hydrogens (tertiary/aromatic N) is 2. The fraction of sp³-hybridized carbons (Fsp3) is 0.0714. The van der Waals surface area contributed by atoms with Gasteiger partial charge in [0.2, 0.25) is 0 Å². The minimum Gasteiger partial charge on any atom is -0.382 e. The number of imidazole rings is 1. The van der Waals surface area contributed by atoms with E-state index in [0.29, 0.717) is 5.82 Å². The highest BCUT2D eigenvalue weighted by molar-refractivity contribution is 5.74. The first-order valence-electron chi connectivity index (χ1n) is 5.56. The van der Waals surface area contributed by atoms with Crippen LogP contribution in [0, 0.1) is 6.92 Å². The van der Waals surface area contributed by atoms with Crippen LogP contribution in [0.25, 0.3) is 16.9 Å². The van der Waals surface area contributed by atoms with Gasteiger partial charge in [0.25, 0.3) is 0 Å². The maximum atomic E-state index is 5.95. The third-order valence-corrected chi connectivity index (χ3v) is 2.92. The van der Waals surface area contributed by atoms with Crippen LogP contribution in [0.2, 0.25) is 0 Å². The Kier molecular flexibility index (Phi) is 2.11. The molecule has 0 spiro atoms. The molecule has 3 aromatic rings. The van der Waals surface area contributed by atoms with Crippen LogP contribution >= 0.6 is 0 Å². The van der Waals surface area contributed by atoms with E-state index in [1.54, 1.807) is 0 Å². The van der Waals surface area contributed by atoms with Crippen LogP contribution in [0.1, 0.15) is 5.69 Å². The van der Waals surface area contributed by atoms with Crippen molar-refractivity contribution in [3.8, 4) is 11.4 Å². The molecule has 0 radical (unpaired) electrons. The molecule has 3 heteroatoms. The largest absolute Gasteiger partial charge is 0.382 e. The van der Waals surface area contributed by atoms with Gasteiger partial charge in [0.1, 0.15) is 11.6 Å². The second kappa shape index (κ2) is 3.63. The van der Waals surface area contributed by atoms with Crippen LogP contribution < -0.4 is 5.73 Å². The summed E-state index contributed by atoms with van der Waals surface area (Å²) in [4.78, 5) is 4.46. The van der Waals surface area contributed by atoms with Crippen LogP contribution in [-0.2, 0) is 0 Å². The van der Waals surface area contributed by atoms with E-state index in [0.717, 1.165) is 22.6 Å². The quantitative estimate of drug-likeness (QED) is 0.689. The molecule has 0 amide bonds. The van der Waals surface area contributed by atoms with Gasteiger partial charge in [0, 0.05) is 11.3 Å². The summed E-state index contributed by atoms with van der Waals surface area (Å²) < 4.78 is 2.09. The summed E-state index contributed by atoms with van der Waals surface area (Å²) in [6.45, 7) is 2.06. The van der Waals surface area contributed by atoms with Gasteiger partial charge in [-0.3, -0.25) is 4.40 Å². The maximum absolute atomic E-state index is 5.95. The highest BCUT2D eigenvalue weighted by Gasteiger charge is 2.11. The van der Waals surface area contributed by atoms with Gasteiger partial charge < -0.3 is 5.73 Å². The fourth-order valence-electron chi connectivity index (χ4n) is 2.10. The SMILES string of the molecule is Cc1cccc2c(N)nc(-c3ccccc3)n12. The molecular formula is C14H13N3. The normalized spacial score (nSPS) is 10.9. The Balaban J connectivity index is 2.38. The van der Waals surface area contributed by atoms with Crippen molar-refractivity contribution in [1.82, 2.24) is 9.38 Å². The summed E-state index contributed by atoms with van der Waals surface area (Å²) in [5, 5.41) is 0. The molecular weight excluding hydrogens is 210 g/mol. The average Bonchev–Trinajstić information content (AvgIpc) is 2.70. The van der Waals surface area contributed by atoms with E-state index in [-0.39, 0.29) is 0 Å². The van der Waals surface area contributed by atoms with Crippen molar-refractivity contribution in [2.24, 2.45) is 0 Å². The Morgan fingerprint density at radius 2 is 1.76 bits per heavy atom. The molecule has 3 rings (SSSR count). The summed E-state index contributed by atoms with van der Waals surface area (Å²) in [7, 11) is 0. The van der Waals surface area contributed by atoms with Crippen molar-refractivity contribution in [1.29, 1.82) is 0 Å². The van der Waals surface area contributed by atoms with E-state index < -0.39 is 0 Å². The Morgan fingerprint density at radius 1 is 1.00 bits per heavy atom. The molecule has 0 atom stereocenters. The van der Waals surface area contributed by atoms with Gasteiger partial charge in [-0.2, -0.15) is 0 Å². The van der Waals surface area contributed by atoms with Crippen molar-refractivity contribution in [3.63, 3.8) is 0 Å². The molecule has 17 heavy (non-hydrogen) atoms. The van der Waals surface area contributed by atoms with Crippen LogP contribution in [0.3, 0.4) is 0 Å². The van der Waals surface area contributed by atoms with Crippen molar-refractivity contribution in [3.05, 3.63) is 54.2 Å². The molecule has 3 nitrogen and oxygen atoms in total. The third kappa shape index (κ3) is 1.47. The number of aryl methyl sites for hydroxylation is 1. The van der Waals surface area contributed by atoms with Crippen LogP contribution in [-0.4, -0.2) is 9.38 Å². The van der Waals surface area contributed by atoms with E-state index in [1.807, 2.05) is 42.5 Å². The van der Waals surface area contributed by atoms with Gasteiger partial charge in [-0.25, -0.2) is 4.98 Å². The van der Waals surface area contributed by atoms with Crippen LogP contribution in [0.5, 0.6) is 0 Å². The molecule has 1 aromatic carbocycles. The molecule has 84 valence electrons. The summed E-state index contributed by atoms with van der Waals surface area (Å²) in [5.74, 6) is 1.48. The van der Waals surface area contributed by atoms with Crippen molar-refractivity contribution in [2.45, 2.75) is 6.92 Å². The Hall–Kier alpha value is -2.29. The molecule has 0 saturated carbocycles. The van der Waals surface area contributed by atoms with Gasteiger partial charge in [-0.1, -0.05) is 36.4 Å². The highest BCUT2D eigenvalue weighted by Crippen LogP contribution is 2.25. The lowest BCUT2D eigenvalue weighted by Gasteiger charge is -2.04. The minimum absolute atomic E-state index is 0.576. The van der Waals surface area contributed by atoms with E-state index in [9.17, 15) is 0 Å². The van der Waals surface area contributed by atoms with Crippen LogP contribution in [0.4, 0.5) is 5.82 Å². The number of fused-ring (bicyclic) bond motifs is 1. The number of hydrogen-bond donors (Lipinski definition) is 1. The van der Waals surface area contributed by atoms with Gasteiger partial charge in [0.15, 0.2) is 0 Å². The molecule has 0 bridgehead atoms. The number of hydrogen-bond acceptors (Lipinski definition) is 2. The zero-order valence-corrected chi connectivity index (χ0v) is 9.59. The number of nitrogens with two attached hydrogens (primary N) is 1. The topological polar surface area (TPSA) is 43.3 Å². The first kappa shape index (κ1) is 9.90. The van der Waals surface area contributed by atoms with E-state index in [4.69, 9.17) is 5.73 Å². The average molecular weight is 223 g/mol. The number of benzene rings is 1. The van der Waals surface area contributed by atoms with E-state index in [2.05, 4.69) is 22.4 Å². The minimum atomic E-state index is 0.576. The molecule has 0 aliphatic rings. The van der Waals surface area contributed by atoms with Gasteiger partial charge >= 0.3 is 0 Å². The predicted molar refractivity (Wildman–Crippen MR) is 69.8 cm³/mol. The summed E-state index contributed by atoms with van der Waals surface area (Å²) in [6, 6.07) is 16.1. The maximum Gasteiger partial charge on any atom is 0.150 e. The zero-order chi connectivity index (χ0) is 11.8. The van der Waals surface area contributed by atoms with E-state index >= 15 is 0 Å². The summed E-state index contributed by atoms with van der Waals surface area (Å²) in [6.07, 6.45) is 0. The van der Waals surface area contributed by atoms with Crippen molar-refractivity contribution < 1.29 is 0 Å². The molecule has 0 aliphatic carbocycles. The number of anilines is 1. The molecule has 2 heterocycles. The lowest BCUT2D eigenvalue weighted by Crippen LogP contribution is -1.93. The molecule has 0 fully saturated rings. The standard InChI is InChI=1S/C14H13N3/c1-10-6-5-9-12-13(15)16-14(17(10)12)11-7-3-2-4-8-11/h2-9H,15H2,1H3. The first-order valence-corrected chi connectivity index (χ1v) is 5.56. The van der Waals surface area contributed by atoms with Gasteiger partial charge in [-0.15, -0.1) is 0 Å². The number of aromatic nitrogens is 2.